The van der Waals surface area contributed by atoms with Gasteiger partial charge in [-0.15, -0.1) is 24.8 Å². The van der Waals surface area contributed by atoms with E-state index < -0.39 is 6.29 Å². The summed E-state index contributed by atoms with van der Waals surface area (Å²) in [6, 6.07) is 0. The van der Waals surface area contributed by atoms with Crippen LogP contribution in [0.2, 0.25) is 0 Å². The van der Waals surface area contributed by atoms with Crippen LogP contribution in [0.3, 0.4) is 0 Å². The molecule has 0 heterocycles. The third kappa shape index (κ3) is 7.76. The lowest BCUT2D eigenvalue weighted by atomic mass is 9.72. The highest BCUT2D eigenvalue weighted by Gasteiger charge is 2.35. The number of nitrogens with two attached hydrogens (primary N) is 2. The number of esters is 2. The summed E-state index contributed by atoms with van der Waals surface area (Å²) in [7, 11) is 0. The van der Waals surface area contributed by atoms with E-state index in [4.69, 9.17) is 20.9 Å². The van der Waals surface area contributed by atoms with Gasteiger partial charge in [0.1, 0.15) is 0 Å². The van der Waals surface area contributed by atoms with E-state index in [1.54, 1.807) is 6.92 Å². The molecule has 27 heavy (non-hydrogen) atoms. The van der Waals surface area contributed by atoms with Crippen LogP contribution < -0.4 is 11.5 Å². The van der Waals surface area contributed by atoms with Gasteiger partial charge in [0.05, 0.1) is 11.8 Å². The molecular weight excluding hydrogens is 391 g/mol. The first-order chi connectivity index (χ1) is 11.9. The summed E-state index contributed by atoms with van der Waals surface area (Å²) < 4.78 is 10.7. The van der Waals surface area contributed by atoms with Gasteiger partial charge in [0, 0.05) is 6.92 Å². The van der Waals surface area contributed by atoms with Crippen molar-refractivity contribution in [2.75, 3.05) is 13.1 Å². The summed E-state index contributed by atoms with van der Waals surface area (Å²) in [5, 5.41) is 0. The fourth-order valence-corrected chi connectivity index (χ4v) is 3.93. The second-order valence-electron chi connectivity index (χ2n) is 8.18. The number of hydrogen-bond donors (Lipinski definition) is 2. The van der Waals surface area contributed by atoms with E-state index in [0.717, 1.165) is 51.4 Å². The van der Waals surface area contributed by atoms with Crippen molar-refractivity contribution in [2.45, 2.75) is 71.5 Å². The highest BCUT2D eigenvalue weighted by molar-refractivity contribution is 5.85. The highest BCUT2D eigenvalue weighted by atomic mass is 35.5. The molecular formula is C19H36Cl2N2O4. The summed E-state index contributed by atoms with van der Waals surface area (Å²) in [6.45, 7) is 5.11. The van der Waals surface area contributed by atoms with Crippen LogP contribution in [-0.2, 0) is 19.1 Å². The Labute approximate surface area is 175 Å². The highest BCUT2D eigenvalue weighted by Crippen LogP contribution is 2.38. The van der Waals surface area contributed by atoms with Crippen molar-refractivity contribution in [2.24, 2.45) is 34.6 Å². The molecule has 2 rings (SSSR count). The molecule has 6 nitrogen and oxygen atoms in total. The molecule has 0 bridgehead atoms. The SMILES string of the molecule is CC(OC(=O)C1CCC(CN)CC1)OC(=O)C1CCC(C)(CN)CC1.Cl.Cl. The van der Waals surface area contributed by atoms with Gasteiger partial charge in [0.25, 0.3) is 0 Å². The fraction of sp³-hybridized carbons (Fsp3) is 0.895. The summed E-state index contributed by atoms with van der Waals surface area (Å²) in [6.07, 6.45) is 6.16. The Morgan fingerprint density at radius 3 is 1.78 bits per heavy atom. The van der Waals surface area contributed by atoms with Gasteiger partial charge in [-0.05, 0) is 75.8 Å². The maximum Gasteiger partial charge on any atom is 0.311 e. The summed E-state index contributed by atoms with van der Waals surface area (Å²) in [5.41, 5.74) is 11.6. The van der Waals surface area contributed by atoms with E-state index in [9.17, 15) is 9.59 Å². The minimum atomic E-state index is -0.824. The zero-order valence-corrected chi connectivity index (χ0v) is 18.1. The number of carbonyl (C=O) groups excluding carboxylic acids is 2. The van der Waals surface area contributed by atoms with Crippen LogP contribution >= 0.6 is 24.8 Å². The molecule has 0 aliphatic heterocycles. The number of ether oxygens (including phenoxy) is 2. The molecule has 0 aromatic rings. The normalized spacial score (nSPS) is 31.6. The predicted octanol–water partition coefficient (Wildman–Crippen LogP) is 3.18. The van der Waals surface area contributed by atoms with Crippen molar-refractivity contribution in [1.29, 1.82) is 0 Å². The van der Waals surface area contributed by atoms with Gasteiger partial charge in [0.15, 0.2) is 0 Å². The van der Waals surface area contributed by atoms with Crippen LogP contribution in [0.5, 0.6) is 0 Å². The van der Waals surface area contributed by atoms with Gasteiger partial charge in [-0.25, -0.2) is 0 Å². The molecule has 4 N–H and O–H groups in total. The monoisotopic (exact) mass is 426 g/mol. The summed E-state index contributed by atoms with van der Waals surface area (Å²) in [5.74, 6) is -0.198. The molecule has 2 fully saturated rings. The maximum absolute atomic E-state index is 12.3. The first-order valence-electron chi connectivity index (χ1n) is 9.68. The standard InChI is InChI=1S/C19H34N2O4.2ClH/c1-13(24-17(22)15-5-3-14(11-20)4-6-15)25-18(23)16-7-9-19(2,12-21)10-8-16;;/h13-16H,3-12,20-21H2,1-2H3;2*1H. The number of hydrogen-bond acceptors (Lipinski definition) is 6. The average Bonchev–Trinajstić information content (AvgIpc) is 2.62. The minimum Gasteiger partial charge on any atom is -0.425 e. The van der Waals surface area contributed by atoms with Crippen LogP contribution in [0.15, 0.2) is 0 Å². The Morgan fingerprint density at radius 2 is 1.37 bits per heavy atom. The third-order valence-corrected chi connectivity index (χ3v) is 6.10. The van der Waals surface area contributed by atoms with Crippen molar-refractivity contribution >= 4 is 36.8 Å². The Hall–Kier alpha value is -0.560. The number of rotatable bonds is 6. The summed E-state index contributed by atoms with van der Waals surface area (Å²) in [4.78, 5) is 24.5. The Kier molecular flexibility index (Phi) is 11.8. The molecule has 0 radical (unpaired) electrons. The molecule has 0 amide bonds. The zero-order valence-electron chi connectivity index (χ0n) is 16.5. The van der Waals surface area contributed by atoms with Crippen LogP contribution in [0.1, 0.15) is 65.2 Å². The van der Waals surface area contributed by atoms with E-state index in [0.29, 0.717) is 19.0 Å². The van der Waals surface area contributed by atoms with Gasteiger partial charge in [-0.1, -0.05) is 6.92 Å². The molecule has 1 unspecified atom stereocenters. The lowest BCUT2D eigenvalue weighted by molar-refractivity contribution is -0.191. The van der Waals surface area contributed by atoms with Gasteiger partial charge >= 0.3 is 11.9 Å². The number of carbonyl (C=O) groups is 2. The van der Waals surface area contributed by atoms with Crippen molar-refractivity contribution in [1.82, 2.24) is 0 Å². The molecule has 160 valence electrons. The van der Waals surface area contributed by atoms with Gasteiger partial charge in [0.2, 0.25) is 6.29 Å². The number of halogens is 2. The van der Waals surface area contributed by atoms with E-state index in [-0.39, 0.29) is 54.0 Å². The molecule has 2 aliphatic rings. The first-order valence-corrected chi connectivity index (χ1v) is 9.68. The van der Waals surface area contributed by atoms with Crippen molar-refractivity contribution in [3.05, 3.63) is 0 Å². The van der Waals surface area contributed by atoms with E-state index >= 15 is 0 Å². The zero-order chi connectivity index (χ0) is 18.4. The van der Waals surface area contributed by atoms with Crippen molar-refractivity contribution < 1.29 is 19.1 Å². The molecule has 1 atom stereocenters. The molecule has 2 saturated carbocycles. The first kappa shape index (κ1) is 26.4. The van der Waals surface area contributed by atoms with Crippen molar-refractivity contribution in [3.63, 3.8) is 0 Å². The second kappa shape index (κ2) is 12.1. The smallest absolute Gasteiger partial charge is 0.311 e. The predicted molar refractivity (Wildman–Crippen MR) is 110 cm³/mol. The average molecular weight is 427 g/mol. The molecule has 2 aliphatic carbocycles. The van der Waals surface area contributed by atoms with Crippen molar-refractivity contribution in [3.8, 4) is 0 Å². The van der Waals surface area contributed by atoms with Crippen LogP contribution in [-0.4, -0.2) is 31.3 Å². The molecule has 0 spiro atoms. The Morgan fingerprint density at radius 1 is 0.926 bits per heavy atom. The molecule has 0 aromatic heterocycles. The summed E-state index contributed by atoms with van der Waals surface area (Å²) >= 11 is 0. The van der Waals surface area contributed by atoms with Crippen LogP contribution in [0.4, 0.5) is 0 Å². The maximum atomic E-state index is 12.3. The lowest BCUT2D eigenvalue weighted by Crippen LogP contribution is -2.36. The van der Waals surface area contributed by atoms with Gasteiger partial charge < -0.3 is 20.9 Å². The topological polar surface area (TPSA) is 105 Å². The van der Waals surface area contributed by atoms with E-state index in [1.807, 2.05) is 0 Å². The molecule has 8 heteroatoms. The lowest BCUT2D eigenvalue weighted by Gasteiger charge is -2.35. The fourth-order valence-electron chi connectivity index (χ4n) is 3.93. The van der Waals surface area contributed by atoms with Crippen LogP contribution in [0.25, 0.3) is 0 Å². The third-order valence-electron chi connectivity index (χ3n) is 6.10. The Bertz CT molecular complexity index is 463. The van der Waals surface area contributed by atoms with Gasteiger partial charge in [-0.3, -0.25) is 9.59 Å². The Balaban J connectivity index is 0.00000338. The molecule has 0 aromatic carbocycles. The minimum absolute atomic E-state index is 0. The quantitative estimate of drug-likeness (QED) is 0.498. The van der Waals surface area contributed by atoms with E-state index in [2.05, 4.69) is 6.92 Å². The van der Waals surface area contributed by atoms with Gasteiger partial charge in [-0.2, -0.15) is 0 Å². The molecule has 0 saturated heterocycles. The van der Waals surface area contributed by atoms with Crippen LogP contribution in [0, 0.1) is 23.2 Å². The van der Waals surface area contributed by atoms with E-state index in [1.165, 1.54) is 0 Å². The second-order valence-corrected chi connectivity index (χ2v) is 8.18. The largest absolute Gasteiger partial charge is 0.425 e.